The van der Waals surface area contributed by atoms with Gasteiger partial charge in [0.25, 0.3) is 0 Å². The van der Waals surface area contributed by atoms with Gasteiger partial charge in [0, 0.05) is 12.3 Å². The number of aliphatic hydroxyl groups is 1. The third-order valence-corrected chi connectivity index (χ3v) is 2.65. The summed E-state index contributed by atoms with van der Waals surface area (Å²) in [6, 6.07) is 6.33. The normalized spacial score (nSPS) is 15.9. The molecule has 1 aromatic carbocycles. The molecule has 0 heterocycles. The predicted octanol–water partition coefficient (Wildman–Crippen LogP) is 1.70. The fraction of sp³-hybridized carbons (Fsp3) is 0.538. The van der Waals surface area contributed by atoms with E-state index in [2.05, 4.69) is 5.73 Å². The zero-order chi connectivity index (χ0) is 12.3. The van der Waals surface area contributed by atoms with Crippen LogP contribution in [0.15, 0.2) is 24.3 Å². The molecule has 0 saturated carbocycles. The zero-order valence-electron chi connectivity index (χ0n) is 10.2. The van der Waals surface area contributed by atoms with E-state index in [0.29, 0.717) is 0 Å². The van der Waals surface area contributed by atoms with Gasteiger partial charge in [-0.3, -0.25) is 0 Å². The molecule has 0 aromatic heterocycles. The second kappa shape index (κ2) is 4.93. The van der Waals surface area contributed by atoms with Gasteiger partial charge in [0.2, 0.25) is 0 Å². The molecule has 2 atom stereocenters. The second-order valence-electron chi connectivity index (χ2n) is 5.27. The molecule has 16 heavy (non-hydrogen) atoms. The largest absolute Gasteiger partial charge is 0.393 e. The van der Waals surface area contributed by atoms with Gasteiger partial charge in [0.05, 0.1) is 11.6 Å². The van der Waals surface area contributed by atoms with Crippen LogP contribution in [0.4, 0.5) is 4.39 Å². The van der Waals surface area contributed by atoms with Crippen molar-refractivity contribution in [2.45, 2.75) is 44.8 Å². The molecule has 0 aliphatic heterocycles. The number of hydrogen-bond acceptors (Lipinski definition) is 1. The van der Waals surface area contributed by atoms with Crippen molar-refractivity contribution in [3.8, 4) is 0 Å². The Morgan fingerprint density at radius 3 is 2.19 bits per heavy atom. The molecule has 0 fully saturated rings. The monoisotopic (exact) mass is 226 g/mol. The first-order valence-corrected chi connectivity index (χ1v) is 5.58. The van der Waals surface area contributed by atoms with Gasteiger partial charge < -0.3 is 10.8 Å². The number of benzene rings is 1. The quantitative estimate of drug-likeness (QED) is 0.806. The highest BCUT2D eigenvalue weighted by atomic mass is 19.1. The summed E-state index contributed by atoms with van der Waals surface area (Å²) in [5.41, 5.74) is 4.92. The highest BCUT2D eigenvalue weighted by Gasteiger charge is 2.26. The van der Waals surface area contributed by atoms with Crippen molar-refractivity contribution in [2.24, 2.45) is 0 Å². The fourth-order valence-electron chi connectivity index (χ4n) is 1.87. The Labute approximate surface area is 96.3 Å². The molecular formula is C13H21FNO+. The molecular weight excluding hydrogens is 205 g/mol. The first-order chi connectivity index (χ1) is 7.29. The lowest BCUT2D eigenvalue weighted by Crippen LogP contribution is -2.69. The molecule has 3 heteroatoms. The molecule has 0 spiro atoms. The van der Waals surface area contributed by atoms with Crippen molar-refractivity contribution >= 4 is 0 Å². The van der Waals surface area contributed by atoms with E-state index in [1.807, 2.05) is 13.8 Å². The Morgan fingerprint density at radius 2 is 1.81 bits per heavy atom. The van der Waals surface area contributed by atoms with Gasteiger partial charge in [-0.2, -0.15) is 0 Å². The maximum atomic E-state index is 12.8. The van der Waals surface area contributed by atoms with Crippen LogP contribution in [0.5, 0.6) is 0 Å². The molecule has 90 valence electrons. The van der Waals surface area contributed by atoms with E-state index < -0.39 is 6.10 Å². The summed E-state index contributed by atoms with van der Waals surface area (Å²) in [7, 11) is 0. The maximum absolute atomic E-state index is 12.8. The average molecular weight is 226 g/mol. The molecule has 1 aromatic rings. The molecule has 0 amide bonds. The Balaban J connectivity index is 2.90. The minimum atomic E-state index is -0.452. The fourth-order valence-corrected chi connectivity index (χ4v) is 1.87. The van der Waals surface area contributed by atoms with E-state index in [9.17, 15) is 9.50 Å². The van der Waals surface area contributed by atoms with Gasteiger partial charge in [0.1, 0.15) is 5.82 Å². The summed E-state index contributed by atoms with van der Waals surface area (Å²) in [6.07, 6.45) is 0.322. The highest BCUT2D eigenvalue weighted by molar-refractivity contribution is 5.21. The third kappa shape index (κ3) is 3.91. The summed E-state index contributed by atoms with van der Waals surface area (Å²) in [6.45, 7) is 5.83. The molecule has 0 aliphatic carbocycles. The number of rotatable bonds is 4. The number of quaternary nitrogens is 1. The van der Waals surface area contributed by atoms with Gasteiger partial charge in [0.15, 0.2) is 0 Å². The van der Waals surface area contributed by atoms with Gasteiger partial charge in [-0.1, -0.05) is 12.1 Å². The van der Waals surface area contributed by atoms with Gasteiger partial charge in [-0.05, 0) is 38.5 Å². The summed E-state index contributed by atoms with van der Waals surface area (Å²) in [4.78, 5) is 0. The average Bonchev–Trinajstić information content (AvgIpc) is 2.14. The lowest BCUT2D eigenvalue weighted by molar-refractivity contribution is -0.468. The number of hydrogen-bond donors (Lipinski definition) is 2. The zero-order valence-corrected chi connectivity index (χ0v) is 10.2. The van der Waals surface area contributed by atoms with E-state index in [1.54, 1.807) is 19.1 Å². The predicted molar refractivity (Wildman–Crippen MR) is 62.4 cm³/mol. The van der Waals surface area contributed by atoms with Crippen molar-refractivity contribution in [3.63, 3.8) is 0 Å². The van der Waals surface area contributed by atoms with E-state index in [1.165, 1.54) is 12.1 Å². The smallest absolute Gasteiger partial charge is 0.123 e. The molecule has 0 radical (unpaired) electrons. The van der Waals surface area contributed by atoms with Gasteiger partial charge in [-0.25, -0.2) is 4.39 Å². The summed E-state index contributed by atoms with van der Waals surface area (Å²) < 4.78 is 12.8. The minimum Gasteiger partial charge on any atom is -0.393 e. The van der Waals surface area contributed by atoms with Crippen LogP contribution in [0.1, 0.15) is 38.7 Å². The van der Waals surface area contributed by atoms with Crippen molar-refractivity contribution in [3.05, 3.63) is 35.6 Å². The SMILES string of the molecule is CC(O)C(CC(C)(C)[NH3+])c1ccc(F)cc1. The van der Waals surface area contributed by atoms with Crippen LogP contribution in [0.3, 0.4) is 0 Å². The first kappa shape index (κ1) is 13.1. The molecule has 0 saturated heterocycles. The van der Waals surface area contributed by atoms with Crippen LogP contribution < -0.4 is 5.73 Å². The maximum Gasteiger partial charge on any atom is 0.123 e. The Bertz CT molecular complexity index is 327. The molecule has 4 N–H and O–H groups in total. The van der Waals surface area contributed by atoms with Crippen LogP contribution in [0.2, 0.25) is 0 Å². The van der Waals surface area contributed by atoms with E-state index in [0.717, 1.165) is 12.0 Å². The summed E-state index contributed by atoms with van der Waals surface area (Å²) in [5, 5.41) is 9.78. The van der Waals surface area contributed by atoms with Crippen molar-refractivity contribution in [1.29, 1.82) is 0 Å². The van der Waals surface area contributed by atoms with Crippen LogP contribution in [0.25, 0.3) is 0 Å². The van der Waals surface area contributed by atoms with Crippen LogP contribution in [-0.2, 0) is 0 Å². The summed E-state index contributed by atoms with van der Waals surface area (Å²) >= 11 is 0. The van der Waals surface area contributed by atoms with Crippen LogP contribution in [-0.4, -0.2) is 16.7 Å². The van der Waals surface area contributed by atoms with Crippen molar-refractivity contribution < 1.29 is 15.2 Å². The first-order valence-electron chi connectivity index (χ1n) is 5.58. The van der Waals surface area contributed by atoms with E-state index in [-0.39, 0.29) is 17.3 Å². The summed E-state index contributed by atoms with van der Waals surface area (Å²) in [5.74, 6) is -0.241. The van der Waals surface area contributed by atoms with E-state index >= 15 is 0 Å². The minimum absolute atomic E-state index is 0.00750. The second-order valence-corrected chi connectivity index (χ2v) is 5.27. The van der Waals surface area contributed by atoms with Crippen molar-refractivity contribution in [2.75, 3.05) is 0 Å². The topological polar surface area (TPSA) is 47.9 Å². The molecule has 2 unspecified atom stereocenters. The Kier molecular flexibility index (Phi) is 4.05. The molecule has 0 aliphatic rings. The lowest BCUT2D eigenvalue weighted by Gasteiger charge is -2.26. The van der Waals surface area contributed by atoms with Crippen molar-refractivity contribution in [1.82, 2.24) is 0 Å². The number of halogens is 1. The van der Waals surface area contributed by atoms with Crippen LogP contribution in [0, 0.1) is 5.82 Å². The lowest BCUT2D eigenvalue weighted by atomic mass is 9.83. The van der Waals surface area contributed by atoms with E-state index in [4.69, 9.17) is 0 Å². The van der Waals surface area contributed by atoms with Gasteiger partial charge >= 0.3 is 0 Å². The Hall–Kier alpha value is -0.930. The van der Waals surface area contributed by atoms with Gasteiger partial charge in [-0.15, -0.1) is 0 Å². The molecule has 2 nitrogen and oxygen atoms in total. The molecule has 0 bridgehead atoms. The highest BCUT2D eigenvalue weighted by Crippen LogP contribution is 2.27. The Morgan fingerprint density at radius 1 is 1.31 bits per heavy atom. The van der Waals surface area contributed by atoms with Crippen LogP contribution >= 0.6 is 0 Å². The third-order valence-electron chi connectivity index (χ3n) is 2.65. The molecule has 1 rings (SSSR count). The number of aliphatic hydroxyl groups excluding tert-OH is 1. The standard InChI is InChI=1S/C13H20FNO/c1-9(16)12(8-13(2,3)15)10-4-6-11(14)7-5-10/h4-7,9,12,16H,8,15H2,1-3H3/p+1.